The molecule has 1 atom stereocenters. The van der Waals surface area contributed by atoms with Gasteiger partial charge in [-0.25, -0.2) is 0 Å². The molecule has 1 aliphatic carbocycles. The van der Waals surface area contributed by atoms with Crippen molar-refractivity contribution in [2.75, 3.05) is 0 Å². The summed E-state index contributed by atoms with van der Waals surface area (Å²) in [6, 6.07) is 0.0462. The van der Waals surface area contributed by atoms with Gasteiger partial charge in [-0.2, -0.15) is 13.2 Å². The fourth-order valence-corrected chi connectivity index (χ4v) is 3.27. The molecule has 0 amide bonds. The van der Waals surface area contributed by atoms with E-state index in [9.17, 15) is 13.2 Å². The Balaban J connectivity index is 2.28. The lowest BCUT2D eigenvalue weighted by Crippen LogP contribution is -2.42. The summed E-state index contributed by atoms with van der Waals surface area (Å²) < 4.78 is 36.4. The molecule has 2 nitrogen and oxygen atoms in total. The first kappa shape index (κ1) is 16.8. The van der Waals surface area contributed by atoms with Crippen molar-refractivity contribution in [1.82, 2.24) is 5.43 Å². The SMILES string of the molecule is CCCC1CCC(C(CCCC(F)(F)F)NN)CC1. The number of halogens is 3. The summed E-state index contributed by atoms with van der Waals surface area (Å²) >= 11 is 0. The Morgan fingerprint density at radius 3 is 2.32 bits per heavy atom. The molecule has 3 N–H and O–H groups in total. The van der Waals surface area contributed by atoms with Crippen molar-refractivity contribution in [2.24, 2.45) is 17.7 Å². The highest BCUT2D eigenvalue weighted by atomic mass is 19.4. The van der Waals surface area contributed by atoms with E-state index in [4.69, 9.17) is 5.84 Å². The van der Waals surface area contributed by atoms with Gasteiger partial charge in [0.05, 0.1) is 0 Å². The molecule has 1 saturated carbocycles. The van der Waals surface area contributed by atoms with Crippen LogP contribution in [-0.4, -0.2) is 12.2 Å². The molecule has 1 unspecified atom stereocenters. The second-order valence-corrected chi connectivity index (χ2v) is 5.85. The normalized spacial score (nSPS) is 26.4. The van der Waals surface area contributed by atoms with E-state index >= 15 is 0 Å². The summed E-state index contributed by atoms with van der Waals surface area (Å²) in [5.74, 6) is 6.78. The highest BCUT2D eigenvalue weighted by molar-refractivity contribution is 4.81. The number of hydrazine groups is 1. The number of nitrogens with one attached hydrogen (secondary N) is 1. The van der Waals surface area contributed by atoms with Gasteiger partial charge in [0.15, 0.2) is 0 Å². The van der Waals surface area contributed by atoms with Crippen LogP contribution in [0.25, 0.3) is 0 Å². The number of hydrogen-bond donors (Lipinski definition) is 2. The highest BCUT2D eigenvalue weighted by Gasteiger charge is 2.29. The van der Waals surface area contributed by atoms with Gasteiger partial charge in [0.25, 0.3) is 0 Å². The van der Waals surface area contributed by atoms with Crippen LogP contribution >= 0.6 is 0 Å². The second kappa shape index (κ2) is 8.10. The van der Waals surface area contributed by atoms with Crippen LogP contribution in [0.1, 0.15) is 64.7 Å². The van der Waals surface area contributed by atoms with Crippen molar-refractivity contribution >= 4 is 0 Å². The second-order valence-electron chi connectivity index (χ2n) is 5.85. The molecule has 0 spiro atoms. The van der Waals surface area contributed by atoms with Gasteiger partial charge in [0, 0.05) is 12.5 Å². The van der Waals surface area contributed by atoms with E-state index in [1.54, 1.807) is 0 Å². The van der Waals surface area contributed by atoms with E-state index in [0.717, 1.165) is 18.8 Å². The summed E-state index contributed by atoms with van der Waals surface area (Å²) in [5.41, 5.74) is 2.74. The van der Waals surface area contributed by atoms with Crippen molar-refractivity contribution in [1.29, 1.82) is 0 Å². The van der Waals surface area contributed by atoms with Crippen LogP contribution in [0, 0.1) is 11.8 Å². The van der Waals surface area contributed by atoms with Crippen molar-refractivity contribution in [3.05, 3.63) is 0 Å². The lowest BCUT2D eigenvalue weighted by molar-refractivity contribution is -0.136. The van der Waals surface area contributed by atoms with Crippen LogP contribution in [0.3, 0.4) is 0 Å². The fourth-order valence-electron chi connectivity index (χ4n) is 3.27. The molecule has 1 rings (SSSR count). The molecule has 0 aliphatic heterocycles. The molecule has 0 saturated heterocycles. The average molecular weight is 280 g/mol. The molecule has 0 bridgehead atoms. The van der Waals surface area contributed by atoms with Crippen molar-refractivity contribution in [3.63, 3.8) is 0 Å². The lowest BCUT2D eigenvalue weighted by Gasteiger charge is -2.33. The first-order valence-corrected chi connectivity index (χ1v) is 7.49. The summed E-state index contributed by atoms with van der Waals surface area (Å²) in [4.78, 5) is 0. The van der Waals surface area contributed by atoms with E-state index in [1.807, 2.05) is 0 Å². The van der Waals surface area contributed by atoms with Gasteiger partial charge in [-0.15, -0.1) is 0 Å². The third kappa shape index (κ3) is 6.61. The van der Waals surface area contributed by atoms with E-state index in [0.29, 0.717) is 12.3 Å². The average Bonchev–Trinajstić information content (AvgIpc) is 2.35. The summed E-state index contributed by atoms with van der Waals surface area (Å²) in [6.45, 7) is 2.20. The molecular weight excluding hydrogens is 253 g/mol. The Labute approximate surface area is 114 Å². The largest absolute Gasteiger partial charge is 0.389 e. The molecular formula is C14H27F3N2. The Morgan fingerprint density at radius 2 is 1.84 bits per heavy atom. The summed E-state index contributed by atoms with van der Waals surface area (Å²) in [5, 5.41) is 0. The van der Waals surface area contributed by atoms with E-state index < -0.39 is 12.6 Å². The molecule has 0 radical (unpaired) electrons. The summed E-state index contributed by atoms with van der Waals surface area (Å²) in [6.07, 6.45) is 3.07. The topological polar surface area (TPSA) is 38.0 Å². The van der Waals surface area contributed by atoms with Gasteiger partial charge < -0.3 is 0 Å². The third-order valence-corrected chi connectivity index (χ3v) is 4.35. The molecule has 0 aromatic rings. The highest BCUT2D eigenvalue weighted by Crippen LogP contribution is 2.34. The fraction of sp³-hybridized carbons (Fsp3) is 1.00. The van der Waals surface area contributed by atoms with Crippen LogP contribution in [0.15, 0.2) is 0 Å². The standard InChI is InChI=1S/C14H27F3N2/c1-2-4-11-6-8-12(9-7-11)13(19-18)5-3-10-14(15,16)17/h11-13,19H,2-10,18H2,1H3. The quantitative estimate of drug-likeness (QED) is 0.543. The van der Waals surface area contributed by atoms with Crippen LogP contribution < -0.4 is 11.3 Å². The minimum atomic E-state index is -4.04. The van der Waals surface area contributed by atoms with E-state index in [2.05, 4.69) is 12.3 Å². The number of hydrogen-bond acceptors (Lipinski definition) is 2. The minimum Gasteiger partial charge on any atom is -0.271 e. The van der Waals surface area contributed by atoms with Crippen molar-refractivity contribution in [3.8, 4) is 0 Å². The maximum absolute atomic E-state index is 12.1. The van der Waals surface area contributed by atoms with Gasteiger partial charge in [-0.3, -0.25) is 11.3 Å². The number of nitrogens with two attached hydrogens (primary N) is 1. The predicted octanol–water partition coefficient (Wildman–Crippen LogP) is 4.16. The maximum atomic E-state index is 12.1. The number of alkyl halides is 3. The Morgan fingerprint density at radius 1 is 1.21 bits per heavy atom. The molecule has 0 aromatic heterocycles. The number of rotatable bonds is 7. The zero-order valence-electron chi connectivity index (χ0n) is 11.8. The molecule has 0 aromatic carbocycles. The predicted molar refractivity (Wildman–Crippen MR) is 71.4 cm³/mol. The lowest BCUT2D eigenvalue weighted by atomic mass is 9.76. The molecule has 0 heterocycles. The smallest absolute Gasteiger partial charge is 0.271 e. The van der Waals surface area contributed by atoms with Gasteiger partial charge in [-0.05, 0) is 37.5 Å². The molecule has 114 valence electrons. The maximum Gasteiger partial charge on any atom is 0.389 e. The van der Waals surface area contributed by atoms with Gasteiger partial charge >= 0.3 is 6.18 Å². The molecule has 1 aliphatic rings. The third-order valence-electron chi connectivity index (χ3n) is 4.35. The monoisotopic (exact) mass is 280 g/mol. The Bertz CT molecular complexity index is 235. The van der Waals surface area contributed by atoms with Crippen molar-refractivity contribution < 1.29 is 13.2 Å². The van der Waals surface area contributed by atoms with Crippen molar-refractivity contribution in [2.45, 2.75) is 76.9 Å². The first-order valence-electron chi connectivity index (χ1n) is 7.49. The zero-order chi connectivity index (χ0) is 14.3. The molecule has 1 fully saturated rings. The zero-order valence-corrected chi connectivity index (χ0v) is 11.8. The van der Waals surface area contributed by atoms with E-state index in [1.165, 1.54) is 25.7 Å². The minimum absolute atomic E-state index is 0.0462. The van der Waals surface area contributed by atoms with E-state index in [-0.39, 0.29) is 12.5 Å². The van der Waals surface area contributed by atoms with Crippen LogP contribution in [0.4, 0.5) is 13.2 Å². The Kier molecular flexibility index (Phi) is 7.15. The van der Waals surface area contributed by atoms with Crippen LogP contribution in [-0.2, 0) is 0 Å². The van der Waals surface area contributed by atoms with Crippen LogP contribution in [0.2, 0.25) is 0 Å². The Hall–Kier alpha value is -0.290. The van der Waals surface area contributed by atoms with Crippen LogP contribution in [0.5, 0.6) is 0 Å². The first-order chi connectivity index (χ1) is 8.96. The van der Waals surface area contributed by atoms with Gasteiger partial charge in [0.2, 0.25) is 0 Å². The molecule has 19 heavy (non-hydrogen) atoms. The summed E-state index contributed by atoms with van der Waals surface area (Å²) in [7, 11) is 0. The van der Waals surface area contributed by atoms with Gasteiger partial charge in [0.1, 0.15) is 0 Å². The van der Waals surface area contributed by atoms with Gasteiger partial charge in [-0.1, -0.05) is 32.6 Å². The molecule has 5 heteroatoms.